The van der Waals surface area contributed by atoms with Crippen LogP contribution in [0.15, 0.2) is 41.2 Å². The second-order valence-corrected chi connectivity index (χ2v) is 11.2. The molecule has 0 saturated heterocycles. The fourth-order valence-corrected chi connectivity index (χ4v) is 6.35. The lowest BCUT2D eigenvalue weighted by Crippen LogP contribution is -2.28. The standard InChI is InChI=1S/C26H30F3NO4S/c1-5-17-9-15(3)10-18(6-2)24(17)25-21(31)11-19(12-22(25)32)16(4)14-35(33,34)23-8-7-20(13-30-23)26(27,28)29/h7-10,13,16,19,31H,5-6,11-12,14H2,1-4H3. The Bertz CT molecular complexity index is 1220. The molecule has 1 N–H and O–H groups in total. The quantitative estimate of drug-likeness (QED) is 0.503. The van der Waals surface area contributed by atoms with E-state index in [1.54, 1.807) is 6.92 Å². The first-order valence-electron chi connectivity index (χ1n) is 11.6. The normalized spacial score (nSPS) is 18.1. The Kier molecular flexibility index (Phi) is 7.79. The first kappa shape index (κ1) is 26.9. The SMILES string of the molecule is CCc1cc(C)cc(CC)c1C1=C(O)CC(C(C)CS(=O)(=O)c2ccc(C(F)(F)F)cn2)CC1=O. The van der Waals surface area contributed by atoms with Crippen LogP contribution in [-0.2, 0) is 33.6 Å². The van der Waals surface area contributed by atoms with Gasteiger partial charge in [-0.2, -0.15) is 13.2 Å². The van der Waals surface area contributed by atoms with Gasteiger partial charge >= 0.3 is 6.18 Å². The second kappa shape index (κ2) is 10.1. The topological polar surface area (TPSA) is 84.3 Å². The highest BCUT2D eigenvalue weighted by Gasteiger charge is 2.36. The van der Waals surface area contributed by atoms with Crippen molar-refractivity contribution in [1.29, 1.82) is 0 Å². The lowest BCUT2D eigenvalue weighted by molar-refractivity contribution is -0.137. The number of sulfone groups is 1. The summed E-state index contributed by atoms with van der Waals surface area (Å²) in [6.07, 6.45) is -2.48. The number of pyridine rings is 1. The van der Waals surface area contributed by atoms with Gasteiger partial charge in [0.25, 0.3) is 0 Å². The number of aryl methyl sites for hydroxylation is 3. The predicted octanol–water partition coefficient (Wildman–Crippen LogP) is 5.89. The van der Waals surface area contributed by atoms with E-state index in [0.717, 1.165) is 28.3 Å². The van der Waals surface area contributed by atoms with Gasteiger partial charge in [-0.15, -0.1) is 0 Å². The molecule has 2 atom stereocenters. The first-order chi connectivity index (χ1) is 16.3. The van der Waals surface area contributed by atoms with Gasteiger partial charge in [-0.3, -0.25) is 4.79 Å². The summed E-state index contributed by atoms with van der Waals surface area (Å²) in [4.78, 5) is 16.7. The highest BCUT2D eigenvalue weighted by molar-refractivity contribution is 7.91. The minimum atomic E-state index is -4.61. The van der Waals surface area contributed by atoms with Crippen molar-refractivity contribution in [1.82, 2.24) is 4.98 Å². The Morgan fingerprint density at radius 3 is 2.17 bits per heavy atom. The lowest BCUT2D eigenvalue weighted by atomic mass is 9.76. The number of carbonyl (C=O) groups excluding carboxylic acids is 1. The van der Waals surface area contributed by atoms with E-state index in [-0.39, 0.29) is 24.4 Å². The number of allylic oxidation sites excluding steroid dienone is 2. The number of rotatable bonds is 7. The Morgan fingerprint density at radius 1 is 1.11 bits per heavy atom. The Balaban J connectivity index is 1.85. The van der Waals surface area contributed by atoms with E-state index in [2.05, 4.69) is 4.98 Å². The lowest BCUT2D eigenvalue weighted by Gasteiger charge is -2.29. The van der Waals surface area contributed by atoms with Crippen LogP contribution in [0.1, 0.15) is 61.4 Å². The van der Waals surface area contributed by atoms with Gasteiger partial charge in [0, 0.05) is 19.0 Å². The molecule has 5 nitrogen and oxygen atoms in total. The third kappa shape index (κ3) is 5.77. The molecule has 1 heterocycles. The Morgan fingerprint density at radius 2 is 1.71 bits per heavy atom. The van der Waals surface area contributed by atoms with Crippen molar-refractivity contribution in [3.63, 3.8) is 0 Å². The van der Waals surface area contributed by atoms with Crippen LogP contribution in [0.3, 0.4) is 0 Å². The molecule has 35 heavy (non-hydrogen) atoms. The maximum atomic E-state index is 13.2. The van der Waals surface area contributed by atoms with Gasteiger partial charge in [-0.05, 0) is 60.4 Å². The monoisotopic (exact) mass is 509 g/mol. The molecule has 9 heteroatoms. The molecule has 0 spiro atoms. The summed E-state index contributed by atoms with van der Waals surface area (Å²) < 4.78 is 63.9. The number of alkyl halides is 3. The number of aliphatic hydroxyl groups is 1. The van der Waals surface area contributed by atoms with Crippen molar-refractivity contribution < 1.29 is 31.5 Å². The molecule has 1 aliphatic rings. The number of carbonyl (C=O) groups is 1. The smallest absolute Gasteiger partial charge is 0.417 e. The third-order valence-corrected chi connectivity index (χ3v) is 8.44. The number of halogens is 3. The van der Waals surface area contributed by atoms with Gasteiger partial charge in [-0.25, -0.2) is 13.4 Å². The zero-order valence-electron chi connectivity index (χ0n) is 20.2. The molecular weight excluding hydrogens is 479 g/mol. The Labute approximate surface area is 204 Å². The minimum Gasteiger partial charge on any atom is -0.512 e. The van der Waals surface area contributed by atoms with Gasteiger partial charge in [0.2, 0.25) is 0 Å². The molecule has 190 valence electrons. The van der Waals surface area contributed by atoms with Crippen molar-refractivity contribution in [3.8, 4) is 0 Å². The van der Waals surface area contributed by atoms with Crippen molar-refractivity contribution in [2.24, 2.45) is 11.8 Å². The summed E-state index contributed by atoms with van der Waals surface area (Å²) in [6.45, 7) is 7.64. The molecule has 1 aliphatic carbocycles. The van der Waals surface area contributed by atoms with E-state index in [4.69, 9.17) is 0 Å². The van der Waals surface area contributed by atoms with Crippen LogP contribution < -0.4 is 0 Å². The molecule has 0 aliphatic heterocycles. The van der Waals surface area contributed by atoms with Gasteiger partial charge in [0.1, 0.15) is 5.76 Å². The van der Waals surface area contributed by atoms with Gasteiger partial charge in [-0.1, -0.05) is 38.5 Å². The summed E-state index contributed by atoms with van der Waals surface area (Å²) in [7, 11) is -3.99. The average molecular weight is 510 g/mol. The largest absolute Gasteiger partial charge is 0.512 e. The maximum absolute atomic E-state index is 13.2. The van der Waals surface area contributed by atoms with E-state index in [1.807, 2.05) is 32.9 Å². The average Bonchev–Trinajstić information content (AvgIpc) is 2.78. The number of aliphatic hydroxyl groups excluding tert-OH is 1. The summed E-state index contributed by atoms with van der Waals surface area (Å²) in [5.41, 5.74) is 3.11. The molecule has 0 radical (unpaired) electrons. The molecule has 2 unspecified atom stereocenters. The number of nitrogens with zero attached hydrogens (tertiary/aromatic N) is 1. The van der Waals surface area contributed by atoms with Crippen molar-refractivity contribution in [2.75, 3.05) is 5.75 Å². The van der Waals surface area contributed by atoms with Crippen LogP contribution in [0.2, 0.25) is 0 Å². The van der Waals surface area contributed by atoms with E-state index >= 15 is 0 Å². The van der Waals surface area contributed by atoms with Crippen LogP contribution >= 0.6 is 0 Å². The summed E-state index contributed by atoms with van der Waals surface area (Å²) in [6, 6.07) is 5.57. The number of hydrogen-bond donors (Lipinski definition) is 1. The van der Waals surface area contributed by atoms with Gasteiger partial charge in [0.15, 0.2) is 20.6 Å². The number of benzene rings is 1. The predicted molar refractivity (Wildman–Crippen MR) is 128 cm³/mol. The van der Waals surface area contributed by atoms with Crippen LogP contribution in [0.5, 0.6) is 0 Å². The minimum absolute atomic E-state index is 0.0450. The van der Waals surface area contributed by atoms with Crippen molar-refractivity contribution in [3.05, 3.63) is 64.0 Å². The summed E-state index contributed by atoms with van der Waals surface area (Å²) in [5.74, 6) is -1.61. The van der Waals surface area contributed by atoms with Crippen LogP contribution in [0.25, 0.3) is 5.57 Å². The highest BCUT2D eigenvalue weighted by atomic mass is 32.2. The molecule has 3 rings (SSSR count). The van der Waals surface area contributed by atoms with Gasteiger partial charge < -0.3 is 5.11 Å². The van der Waals surface area contributed by atoms with Crippen molar-refractivity contribution in [2.45, 2.75) is 64.6 Å². The van der Waals surface area contributed by atoms with Crippen LogP contribution in [-0.4, -0.2) is 30.0 Å². The van der Waals surface area contributed by atoms with E-state index in [1.165, 1.54) is 0 Å². The Hall–Kier alpha value is -2.68. The number of aromatic nitrogens is 1. The number of hydrogen-bond acceptors (Lipinski definition) is 5. The zero-order valence-corrected chi connectivity index (χ0v) is 21.1. The number of ketones is 1. The van der Waals surface area contributed by atoms with E-state index in [9.17, 15) is 31.5 Å². The third-order valence-electron chi connectivity index (χ3n) is 6.60. The van der Waals surface area contributed by atoms with Crippen molar-refractivity contribution >= 4 is 21.2 Å². The second-order valence-electron chi connectivity index (χ2n) is 9.22. The molecule has 0 amide bonds. The molecule has 0 bridgehead atoms. The fourth-order valence-electron chi connectivity index (χ4n) is 4.73. The molecule has 2 aromatic rings. The van der Waals surface area contributed by atoms with Crippen LogP contribution in [0, 0.1) is 18.8 Å². The molecule has 1 aromatic heterocycles. The first-order valence-corrected chi connectivity index (χ1v) is 13.3. The fraction of sp³-hybridized carbons (Fsp3) is 0.462. The van der Waals surface area contributed by atoms with Crippen LogP contribution in [0.4, 0.5) is 13.2 Å². The molecular formula is C26H30F3NO4S. The number of Topliss-reactive ketones (excluding diaryl/α,β-unsaturated/α-hetero) is 1. The molecule has 0 fully saturated rings. The highest BCUT2D eigenvalue weighted by Crippen LogP contribution is 2.39. The van der Waals surface area contributed by atoms with E-state index in [0.29, 0.717) is 30.7 Å². The zero-order chi connectivity index (χ0) is 26.1. The summed E-state index contributed by atoms with van der Waals surface area (Å²) >= 11 is 0. The van der Waals surface area contributed by atoms with Gasteiger partial charge in [0.05, 0.1) is 16.9 Å². The molecule has 1 aromatic carbocycles. The van der Waals surface area contributed by atoms with E-state index < -0.39 is 44.2 Å². The summed E-state index contributed by atoms with van der Waals surface area (Å²) in [5, 5.41) is 10.5. The maximum Gasteiger partial charge on any atom is 0.417 e. The molecule has 0 saturated carbocycles.